The number of carbonyl (C=O) groups is 1. The molecule has 1 heterocycles. The van der Waals surface area contributed by atoms with Crippen LogP contribution in [0, 0.1) is 12.8 Å². The Hall–Kier alpha value is -0.860. The number of ketones is 1. The predicted molar refractivity (Wildman–Crippen MR) is 85.0 cm³/mol. The average molecular weight is 307 g/mol. The zero-order valence-electron chi connectivity index (χ0n) is 12.7. The maximum absolute atomic E-state index is 12.8. The van der Waals surface area contributed by atoms with Gasteiger partial charge in [0.05, 0.1) is 5.60 Å². The van der Waals surface area contributed by atoms with Crippen LogP contribution in [0.25, 0.3) is 0 Å². The monoisotopic (exact) mass is 306 g/mol. The Kier molecular flexibility index (Phi) is 4.37. The molecule has 1 atom stereocenters. The standard InChI is InChI=1S/C18H23ClO2/c1-13-11-14(5-6-16(13)19)17(20)15-7-10-21-18(12-15)8-3-2-4-9-18/h5-6,11,15H,2-4,7-10,12H2,1H3. The summed E-state index contributed by atoms with van der Waals surface area (Å²) in [7, 11) is 0. The molecule has 114 valence electrons. The van der Waals surface area contributed by atoms with Gasteiger partial charge in [-0.3, -0.25) is 4.79 Å². The Morgan fingerprint density at radius 1 is 1.29 bits per heavy atom. The van der Waals surface area contributed by atoms with Crippen LogP contribution in [0.15, 0.2) is 18.2 Å². The van der Waals surface area contributed by atoms with E-state index in [0.717, 1.165) is 48.4 Å². The normalized spacial score (nSPS) is 25.0. The summed E-state index contributed by atoms with van der Waals surface area (Å²) >= 11 is 6.06. The number of carbonyl (C=O) groups excluding carboxylic acids is 1. The number of Topliss-reactive ketones (excluding diaryl/α,β-unsaturated/α-hetero) is 1. The van der Waals surface area contributed by atoms with Crippen LogP contribution in [0.1, 0.15) is 60.9 Å². The molecular formula is C18H23ClO2. The van der Waals surface area contributed by atoms with Crippen molar-refractivity contribution in [2.24, 2.45) is 5.92 Å². The van der Waals surface area contributed by atoms with Crippen molar-refractivity contribution in [1.29, 1.82) is 0 Å². The van der Waals surface area contributed by atoms with Crippen molar-refractivity contribution >= 4 is 17.4 Å². The smallest absolute Gasteiger partial charge is 0.166 e. The molecule has 1 aromatic rings. The van der Waals surface area contributed by atoms with Crippen LogP contribution in [-0.2, 0) is 4.74 Å². The minimum Gasteiger partial charge on any atom is -0.375 e. The molecule has 1 aliphatic heterocycles. The molecule has 0 N–H and O–H groups in total. The fourth-order valence-corrected chi connectivity index (χ4v) is 3.95. The maximum Gasteiger partial charge on any atom is 0.166 e. The second-order valence-electron chi connectivity index (χ2n) is 6.61. The third-order valence-corrected chi connectivity index (χ3v) is 5.50. The topological polar surface area (TPSA) is 26.3 Å². The van der Waals surface area contributed by atoms with Crippen molar-refractivity contribution in [1.82, 2.24) is 0 Å². The molecule has 0 radical (unpaired) electrons. The van der Waals surface area contributed by atoms with Crippen molar-refractivity contribution < 1.29 is 9.53 Å². The molecule has 0 aromatic heterocycles. The lowest BCUT2D eigenvalue weighted by Gasteiger charge is -2.43. The second-order valence-corrected chi connectivity index (χ2v) is 7.02. The summed E-state index contributed by atoms with van der Waals surface area (Å²) in [6, 6.07) is 5.62. The zero-order valence-corrected chi connectivity index (χ0v) is 13.4. The van der Waals surface area contributed by atoms with E-state index in [9.17, 15) is 4.79 Å². The van der Waals surface area contributed by atoms with Crippen molar-refractivity contribution in [3.05, 3.63) is 34.3 Å². The lowest BCUT2D eigenvalue weighted by Crippen LogP contribution is -2.43. The van der Waals surface area contributed by atoms with Gasteiger partial charge in [0.15, 0.2) is 5.78 Å². The summed E-state index contributed by atoms with van der Waals surface area (Å²) in [4.78, 5) is 12.8. The van der Waals surface area contributed by atoms with Gasteiger partial charge >= 0.3 is 0 Å². The van der Waals surface area contributed by atoms with Gasteiger partial charge in [0.1, 0.15) is 0 Å². The summed E-state index contributed by atoms with van der Waals surface area (Å²) in [5.41, 5.74) is 1.76. The summed E-state index contributed by atoms with van der Waals surface area (Å²) in [5.74, 6) is 0.375. The second kappa shape index (κ2) is 6.10. The van der Waals surface area contributed by atoms with E-state index in [1.54, 1.807) is 0 Å². The van der Waals surface area contributed by atoms with Gasteiger partial charge in [-0.05, 0) is 56.4 Å². The highest BCUT2D eigenvalue weighted by molar-refractivity contribution is 6.31. The number of hydrogen-bond acceptors (Lipinski definition) is 2. The van der Waals surface area contributed by atoms with Crippen molar-refractivity contribution in [3.63, 3.8) is 0 Å². The average Bonchev–Trinajstić information content (AvgIpc) is 2.50. The first kappa shape index (κ1) is 15.1. The van der Waals surface area contributed by atoms with E-state index in [2.05, 4.69) is 0 Å². The highest BCUT2D eigenvalue weighted by Gasteiger charge is 2.40. The van der Waals surface area contributed by atoms with Crippen LogP contribution in [0.5, 0.6) is 0 Å². The van der Waals surface area contributed by atoms with Gasteiger partial charge in [0, 0.05) is 23.1 Å². The molecule has 2 fully saturated rings. The van der Waals surface area contributed by atoms with Crippen molar-refractivity contribution in [2.45, 2.75) is 57.5 Å². The van der Waals surface area contributed by atoms with E-state index in [4.69, 9.17) is 16.3 Å². The van der Waals surface area contributed by atoms with Crippen LogP contribution in [-0.4, -0.2) is 18.0 Å². The van der Waals surface area contributed by atoms with E-state index >= 15 is 0 Å². The molecule has 1 spiro atoms. The van der Waals surface area contributed by atoms with E-state index in [1.807, 2.05) is 25.1 Å². The number of halogens is 1. The molecule has 1 aliphatic carbocycles. The first-order chi connectivity index (χ1) is 10.1. The summed E-state index contributed by atoms with van der Waals surface area (Å²) in [6.45, 7) is 2.68. The lowest BCUT2D eigenvalue weighted by atomic mass is 9.74. The lowest BCUT2D eigenvalue weighted by molar-refractivity contribution is -0.111. The van der Waals surface area contributed by atoms with Gasteiger partial charge in [-0.15, -0.1) is 0 Å². The van der Waals surface area contributed by atoms with E-state index in [0.29, 0.717) is 0 Å². The van der Waals surface area contributed by atoms with Crippen molar-refractivity contribution in [2.75, 3.05) is 6.61 Å². The Morgan fingerprint density at radius 2 is 2.05 bits per heavy atom. The fourth-order valence-electron chi connectivity index (χ4n) is 3.83. The molecule has 2 aliphatic rings. The molecule has 1 aromatic carbocycles. The van der Waals surface area contributed by atoms with E-state index in [-0.39, 0.29) is 17.3 Å². The van der Waals surface area contributed by atoms with Crippen LogP contribution in [0.2, 0.25) is 5.02 Å². The number of ether oxygens (including phenoxy) is 1. The predicted octanol–water partition coefficient (Wildman–Crippen LogP) is 4.96. The van der Waals surface area contributed by atoms with Gasteiger partial charge in [0.2, 0.25) is 0 Å². The van der Waals surface area contributed by atoms with Crippen LogP contribution < -0.4 is 0 Å². The third-order valence-electron chi connectivity index (χ3n) is 5.07. The zero-order chi connectivity index (χ0) is 14.9. The van der Waals surface area contributed by atoms with Crippen LogP contribution in [0.3, 0.4) is 0 Å². The number of hydrogen-bond donors (Lipinski definition) is 0. The third kappa shape index (κ3) is 3.17. The SMILES string of the molecule is Cc1cc(C(=O)C2CCOC3(CCCCC3)C2)ccc1Cl. The molecule has 3 heteroatoms. The summed E-state index contributed by atoms with van der Waals surface area (Å²) in [5, 5.41) is 0.724. The molecule has 1 saturated carbocycles. The summed E-state index contributed by atoms with van der Waals surface area (Å²) in [6.07, 6.45) is 7.77. The van der Waals surface area contributed by atoms with Gasteiger partial charge in [-0.1, -0.05) is 30.9 Å². The van der Waals surface area contributed by atoms with Gasteiger partial charge in [-0.25, -0.2) is 0 Å². The molecule has 3 rings (SSSR count). The molecule has 1 saturated heterocycles. The van der Waals surface area contributed by atoms with Gasteiger partial charge < -0.3 is 4.74 Å². The number of rotatable bonds is 2. The minimum absolute atomic E-state index is 0.0156. The highest BCUT2D eigenvalue weighted by atomic mass is 35.5. The largest absolute Gasteiger partial charge is 0.375 e. The molecule has 0 amide bonds. The number of benzene rings is 1. The maximum atomic E-state index is 12.8. The highest BCUT2D eigenvalue weighted by Crippen LogP contribution is 2.41. The van der Waals surface area contributed by atoms with E-state index < -0.39 is 0 Å². The quantitative estimate of drug-likeness (QED) is 0.722. The Bertz CT molecular complexity index is 527. The molecule has 2 nitrogen and oxygen atoms in total. The van der Waals surface area contributed by atoms with Crippen LogP contribution in [0.4, 0.5) is 0 Å². The molecule has 0 bridgehead atoms. The minimum atomic E-state index is -0.0156. The molecular weight excluding hydrogens is 284 g/mol. The van der Waals surface area contributed by atoms with Crippen molar-refractivity contribution in [3.8, 4) is 0 Å². The first-order valence-electron chi connectivity index (χ1n) is 8.04. The van der Waals surface area contributed by atoms with Gasteiger partial charge in [0.25, 0.3) is 0 Å². The Morgan fingerprint density at radius 3 is 2.76 bits per heavy atom. The molecule has 1 unspecified atom stereocenters. The summed E-state index contributed by atoms with van der Waals surface area (Å²) < 4.78 is 6.09. The molecule has 21 heavy (non-hydrogen) atoms. The number of aryl methyl sites for hydroxylation is 1. The Labute approximate surface area is 131 Å². The van der Waals surface area contributed by atoms with Crippen LogP contribution >= 0.6 is 11.6 Å². The van der Waals surface area contributed by atoms with Gasteiger partial charge in [-0.2, -0.15) is 0 Å². The Balaban J connectivity index is 1.76. The fraction of sp³-hybridized carbons (Fsp3) is 0.611. The van der Waals surface area contributed by atoms with E-state index in [1.165, 1.54) is 19.3 Å². The first-order valence-corrected chi connectivity index (χ1v) is 8.42.